The molecular weight excluding hydrogens is 196 g/mol. The Kier molecular flexibility index (Phi) is 2.22. The molecule has 0 aromatic carbocycles. The molecule has 2 heterocycles. The van der Waals surface area contributed by atoms with E-state index >= 15 is 0 Å². The molecular formula is C10H12N2O3. The van der Waals surface area contributed by atoms with E-state index in [1.165, 1.54) is 10.6 Å². The van der Waals surface area contributed by atoms with Crippen LogP contribution in [0.3, 0.4) is 0 Å². The van der Waals surface area contributed by atoms with Crippen LogP contribution in [0, 0.1) is 0 Å². The summed E-state index contributed by atoms with van der Waals surface area (Å²) in [5.74, 6) is -1.22. The van der Waals surface area contributed by atoms with Gasteiger partial charge >= 0.3 is 5.97 Å². The third-order valence-corrected chi connectivity index (χ3v) is 2.71. The highest BCUT2D eigenvalue weighted by molar-refractivity contribution is 5.88. The summed E-state index contributed by atoms with van der Waals surface area (Å²) < 4.78 is 1.49. The Morgan fingerprint density at radius 3 is 2.87 bits per heavy atom. The fraction of sp³-hybridized carbons (Fsp3) is 0.400. The number of aromatic carboxylic acids is 1. The fourth-order valence-corrected chi connectivity index (χ4v) is 1.96. The molecule has 0 amide bonds. The predicted molar refractivity (Wildman–Crippen MR) is 55.0 cm³/mol. The predicted octanol–water partition coefficient (Wildman–Crippen LogP) is 0.465. The van der Waals surface area contributed by atoms with E-state index in [1.807, 2.05) is 0 Å². The first-order valence-corrected chi connectivity index (χ1v) is 4.86. The molecule has 0 aliphatic carbocycles. The van der Waals surface area contributed by atoms with Crippen LogP contribution < -0.4 is 11.3 Å². The number of anilines is 1. The molecule has 1 aromatic rings. The van der Waals surface area contributed by atoms with Gasteiger partial charge in [0.2, 0.25) is 0 Å². The number of hydrogen-bond acceptors (Lipinski definition) is 3. The van der Waals surface area contributed by atoms with Gasteiger partial charge < -0.3 is 15.4 Å². The summed E-state index contributed by atoms with van der Waals surface area (Å²) in [6.07, 6.45) is 2.65. The van der Waals surface area contributed by atoms with Gasteiger partial charge in [0, 0.05) is 12.2 Å². The van der Waals surface area contributed by atoms with Gasteiger partial charge in [0.05, 0.1) is 5.69 Å². The lowest BCUT2D eigenvalue weighted by atomic mass is 10.1. The molecule has 0 radical (unpaired) electrons. The minimum absolute atomic E-state index is 0.238. The van der Waals surface area contributed by atoms with Crippen molar-refractivity contribution in [3.63, 3.8) is 0 Å². The van der Waals surface area contributed by atoms with Crippen LogP contribution in [-0.2, 0) is 13.0 Å². The molecule has 0 unspecified atom stereocenters. The number of carboxylic acids is 1. The van der Waals surface area contributed by atoms with Crippen molar-refractivity contribution in [3.8, 4) is 0 Å². The van der Waals surface area contributed by atoms with Gasteiger partial charge in [-0.25, -0.2) is 4.79 Å². The zero-order valence-electron chi connectivity index (χ0n) is 8.19. The third-order valence-electron chi connectivity index (χ3n) is 2.71. The van der Waals surface area contributed by atoms with Crippen LogP contribution >= 0.6 is 0 Å². The van der Waals surface area contributed by atoms with E-state index in [9.17, 15) is 9.59 Å². The lowest BCUT2D eigenvalue weighted by molar-refractivity contribution is 0.0694. The van der Waals surface area contributed by atoms with Crippen molar-refractivity contribution in [1.82, 2.24) is 4.57 Å². The smallest absolute Gasteiger partial charge is 0.341 e. The van der Waals surface area contributed by atoms with Crippen molar-refractivity contribution in [2.75, 3.05) is 5.73 Å². The molecule has 5 nitrogen and oxygen atoms in total. The van der Waals surface area contributed by atoms with Crippen molar-refractivity contribution in [2.45, 2.75) is 25.8 Å². The average Bonchev–Trinajstić information content (AvgIpc) is 2.23. The first kappa shape index (κ1) is 9.76. The molecule has 0 fully saturated rings. The number of aromatic nitrogens is 1. The number of pyridine rings is 1. The van der Waals surface area contributed by atoms with E-state index in [2.05, 4.69) is 0 Å². The number of carboxylic acid groups (broad SMARTS) is 1. The molecule has 2 rings (SSSR count). The van der Waals surface area contributed by atoms with Crippen molar-refractivity contribution in [1.29, 1.82) is 0 Å². The molecule has 80 valence electrons. The molecule has 0 atom stereocenters. The van der Waals surface area contributed by atoms with Crippen molar-refractivity contribution in [3.05, 3.63) is 27.7 Å². The molecule has 3 N–H and O–H groups in total. The number of rotatable bonds is 1. The van der Waals surface area contributed by atoms with Crippen molar-refractivity contribution >= 4 is 11.7 Å². The van der Waals surface area contributed by atoms with E-state index in [0.717, 1.165) is 25.0 Å². The third kappa shape index (κ3) is 1.49. The van der Waals surface area contributed by atoms with E-state index in [0.29, 0.717) is 12.2 Å². The van der Waals surface area contributed by atoms with E-state index < -0.39 is 11.5 Å². The lowest BCUT2D eigenvalue weighted by Gasteiger charge is -2.20. The van der Waals surface area contributed by atoms with Crippen LogP contribution in [-0.4, -0.2) is 15.6 Å². The van der Waals surface area contributed by atoms with Crippen LogP contribution in [0.25, 0.3) is 0 Å². The number of nitrogens with zero attached hydrogens (tertiary/aromatic N) is 1. The van der Waals surface area contributed by atoms with E-state index in [4.69, 9.17) is 10.8 Å². The van der Waals surface area contributed by atoms with Crippen LogP contribution in [0.4, 0.5) is 5.69 Å². The van der Waals surface area contributed by atoms with Crippen LogP contribution in [0.1, 0.15) is 28.9 Å². The van der Waals surface area contributed by atoms with Gasteiger partial charge in [-0.3, -0.25) is 4.79 Å². The summed E-state index contributed by atoms with van der Waals surface area (Å²) in [7, 11) is 0. The topological polar surface area (TPSA) is 85.3 Å². The van der Waals surface area contributed by atoms with Crippen molar-refractivity contribution in [2.24, 2.45) is 0 Å². The molecule has 1 aliphatic rings. The standard InChI is InChI=1S/C10H12N2O3/c11-7-5-6(10(14)15)9(13)12-4-2-1-3-8(7)12/h5H,1-4,11H2,(H,14,15). The maximum atomic E-state index is 11.7. The van der Waals surface area contributed by atoms with Crippen LogP contribution in [0.15, 0.2) is 10.9 Å². The van der Waals surface area contributed by atoms with E-state index in [1.54, 1.807) is 0 Å². The summed E-state index contributed by atoms with van der Waals surface area (Å²) in [5, 5.41) is 8.82. The Labute approximate surface area is 86.1 Å². The van der Waals surface area contributed by atoms with Gasteiger partial charge in [0.1, 0.15) is 5.56 Å². The molecule has 0 bridgehead atoms. The van der Waals surface area contributed by atoms with Gasteiger partial charge in [-0.2, -0.15) is 0 Å². The maximum Gasteiger partial charge on any atom is 0.341 e. The van der Waals surface area contributed by atoms with Crippen molar-refractivity contribution < 1.29 is 9.90 Å². The zero-order chi connectivity index (χ0) is 11.0. The van der Waals surface area contributed by atoms with Crippen LogP contribution in [0.2, 0.25) is 0 Å². The van der Waals surface area contributed by atoms with Gasteiger partial charge in [-0.1, -0.05) is 0 Å². The average molecular weight is 208 g/mol. The Hall–Kier alpha value is -1.78. The molecule has 5 heteroatoms. The zero-order valence-corrected chi connectivity index (χ0v) is 8.19. The van der Waals surface area contributed by atoms with E-state index in [-0.39, 0.29) is 5.56 Å². The number of fused-ring (bicyclic) bond motifs is 1. The molecule has 1 aromatic heterocycles. The van der Waals surface area contributed by atoms with Gasteiger partial charge in [-0.05, 0) is 25.3 Å². The monoisotopic (exact) mass is 208 g/mol. The van der Waals surface area contributed by atoms with Crippen LogP contribution in [0.5, 0.6) is 0 Å². The fourth-order valence-electron chi connectivity index (χ4n) is 1.96. The molecule has 0 spiro atoms. The SMILES string of the molecule is Nc1cc(C(=O)O)c(=O)n2c1CCCC2. The Bertz CT molecular complexity index is 476. The highest BCUT2D eigenvalue weighted by atomic mass is 16.4. The summed E-state index contributed by atoms with van der Waals surface area (Å²) in [4.78, 5) is 22.5. The Morgan fingerprint density at radius 1 is 1.47 bits per heavy atom. The molecule has 15 heavy (non-hydrogen) atoms. The highest BCUT2D eigenvalue weighted by Gasteiger charge is 2.19. The lowest BCUT2D eigenvalue weighted by Crippen LogP contribution is -2.32. The second-order valence-corrected chi connectivity index (χ2v) is 3.68. The largest absolute Gasteiger partial charge is 0.477 e. The second kappa shape index (κ2) is 3.42. The quantitative estimate of drug-likeness (QED) is 0.702. The minimum atomic E-state index is -1.22. The van der Waals surface area contributed by atoms with Gasteiger partial charge in [0.15, 0.2) is 0 Å². The first-order valence-electron chi connectivity index (χ1n) is 4.86. The number of nitrogens with two attached hydrogens (primary N) is 1. The number of nitrogen functional groups attached to an aromatic ring is 1. The first-order chi connectivity index (χ1) is 7.11. The molecule has 0 saturated heterocycles. The maximum absolute atomic E-state index is 11.7. The summed E-state index contributed by atoms with van der Waals surface area (Å²) in [5.41, 5.74) is 6.23. The normalized spacial score (nSPS) is 14.7. The Balaban J connectivity index is 2.70. The second-order valence-electron chi connectivity index (χ2n) is 3.68. The summed E-state index contributed by atoms with van der Waals surface area (Å²) in [6, 6.07) is 1.27. The highest BCUT2D eigenvalue weighted by Crippen LogP contribution is 2.19. The van der Waals surface area contributed by atoms with Gasteiger partial charge in [-0.15, -0.1) is 0 Å². The Morgan fingerprint density at radius 2 is 2.20 bits per heavy atom. The molecule has 1 aliphatic heterocycles. The molecule has 0 saturated carbocycles. The number of carbonyl (C=O) groups is 1. The summed E-state index contributed by atoms with van der Waals surface area (Å²) >= 11 is 0. The van der Waals surface area contributed by atoms with Gasteiger partial charge in [0.25, 0.3) is 5.56 Å². The summed E-state index contributed by atoms with van der Waals surface area (Å²) in [6.45, 7) is 0.569. The number of hydrogen-bond donors (Lipinski definition) is 2. The minimum Gasteiger partial charge on any atom is -0.477 e.